The van der Waals surface area contributed by atoms with Crippen LogP contribution >= 0.6 is 23.2 Å². The van der Waals surface area contributed by atoms with Crippen molar-refractivity contribution in [2.24, 2.45) is 0 Å². The maximum atomic E-state index is 12.6. The van der Waals surface area contributed by atoms with Gasteiger partial charge in [0.15, 0.2) is 5.78 Å². The van der Waals surface area contributed by atoms with Crippen molar-refractivity contribution in [2.75, 3.05) is 5.32 Å². The molecule has 0 aliphatic carbocycles. The highest BCUT2D eigenvalue weighted by atomic mass is 35.5. The van der Waals surface area contributed by atoms with Crippen LogP contribution in [0.3, 0.4) is 0 Å². The Morgan fingerprint density at radius 3 is 2.46 bits per heavy atom. The fourth-order valence-corrected chi connectivity index (χ4v) is 2.81. The predicted octanol–water partition coefficient (Wildman–Crippen LogP) is 6.02. The standard InChI is InChI=1S/C20H15Cl2NO3/c1-11(24)13-4-3-5-15(8-13)23-20(25)16-10-19(26-12(16)2)14-6-7-17(21)18(22)9-14/h3-10H,1-2H3,(H,23,25). The summed E-state index contributed by atoms with van der Waals surface area (Å²) in [6.45, 7) is 3.19. The smallest absolute Gasteiger partial charge is 0.259 e. The van der Waals surface area contributed by atoms with Crippen LogP contribution in [0, 0.1) is 6.92 Å². The summed E-state index contributed by atoms with van der Waals surface area (Å²) in [6, 6.07) is 13.5. The molecule has 0 fully saturated rings. The number of carbonyl (C=O) groups excluding carboxylic acids is 2. The Bertz CT molecular complexity index is 1010. The molecule has 6 heteroatoms. The minimum absolute atomic E-state index is 0.0671. The van der Waals surface area contributed by atoms with Crippen LogP contribution in [0.15, 0.2) is 52.9 Å². The highest BCUT2D eigenvalue weighted by molar-refractivity contribution is 6.42. The molecule has 0 aliphatic heterocycles. The number of rotatable bonds is 4. The van der Waals surface area contributed by atoms with Crippen LogP contribution in [0.25, 0.3) is 11.3 Å². The zero-order valence-corrected chi connectivity index (χ0v) is 15.6. The normalized spacial score (nSPS) is 10.6. The van der Waals surface area contributed by atoms with E-state index in [0.29, 0.717) is 38.4 Å². The van der Waals surface area contributed by atoms with Gasteiger partial charge >= 0.3 is 0 Å². The van der Waals surface area contributed by atoms with Gasteiger partial charge in [0, 0.05) is 16.8 Å². The van der Waals surface area contributed by atoms with Crippen molar-refractivity contribution in [1.29, 1.82) is 0 Å². The molecule has 0 saturated heterocycles. The quantitative estimate of drug-likeness (QED) is 0.557. The third-order valence-electron chi connectivity index (χ3n) is 3.89. The van der Waals surface area contributed by atoms with Gasteiger partial charge in [0.05, 0.1) is 15.6 Å². The van der Waals surface area contributed by atoms with Gasteiger partial charge < -0.3 is 9.73 Å². The van der Waals surface area contributed by atoms with E-state index in [9.17, 15) is 9.59 Å². The van der Waals surface area contributed by atoms with Crippen LogP contribution in [0.2, 0.25) is 10.0 Å². The predicted molar refractivity (Wildman–Crippen MR) is 103 cm³/mol. The fraction of sp³-hybridized carbons (Fsp3) is 0.100. The van der Waals surface area contributed by atoms with Gasteiger partial charge in [0.2, 0.25) is 0 Å². The Hall–Kier alpha value is -2.56. The number of nitrogens with one attached hydrogen (secondary N) is 1. The molecule has 4 nitrogen and oxygen atoms in total. The first kappa shape index (κ1) is 18.2. The number of Topliss-reactive ketones (excluding diaryl/α,β-unsaturated/α-hetero) is 1. The summed E-state index contributed by atoms with van der Waals surface area (Å²) in [5, 5.41) is 3.64. The number of aryl methyl sites for hydroxylation is 1. The van der Waals surface area contributed by atoms with Gasteiger partial charge in [-0.25, -0.2) is 0 Å². The van der Waals surface area contributed by atoms with Crippen molar-refractivity contribution >= 4 is 40.6 Å². The molecule has 132 valence electrons. The highest BCUT2D eigenvalue weighted by Gasteiger charge is 2.17. The Kier molecular flexibility index (Phi) is 5.16. The maximum absolute atomic E-state index is 12.6. The first-order valence-corrected chi connectivity index (χ1v) is 8.59. The largest absolute Gasteiger partial charge is 0.461 e. The molecule has 0 unspecified atom stereocenters. The van der Waals surface area contributed by atoms with Crippen molar-refractivity contribution in [3.63, 3.8) is 0 Å². The monoisotopic (exact) mass is 387 g/mol. The van der Waals surface area contributed by atoms with E-state index >= 15 is 0 Å². The van der Waals surface area contributed by atoms with E-state index in [0.717, 1.165) is 5.56 Å². The number of furan rings is 1. The summed E-state index contributed by atoms with van der Waals surface area (Å²) in [5.74, 6) is 0.607. The molecule has 0 saturated carbocycles. The van der Waals surface area contributed by atoms with Gasteiger partial charge in [0.1, 0.15) is 11.5 Å². The summed E-state index contributed by atoms with van der Waals surface area (Å²) in [6.07, 6.45) is 0. The molecule has 2 aromatic carbocycles. The molecule has 26 heavy (non-hydrogen) atoms. The molecule has 0 spiro atoms. The van der Waals surface area contributed by atoms with Crippen molar-refractivity contribution < 1.29 is 14.0 Å². The number of halogens is 2. The second kappa shape index (κ2) is 7.36. The van der Waals surface area contributed by atoms with E-state index in [-0.39, 0.29) is 11.7 Å². The third-order valence-corrected chi connectivity index (χ3v) is 4.63. The van der Waals surface area contributed by atoms with Gasteiger partial charge in [-0.15, -0.1) is 0 Å². The van der Waals surface area contributed by atoms with Crippen molar-refractivity contribution in [2.45, 2.75) is 13.8 Å². The number of ketones is 1. The lowest BCUT2D eigenvalue weighted by Crippen LogP contribution is -2.12. The van der Waals surface area contributed by atoms with Crippen LogP contribution < -0.4 is 5.32 Å². The second-order valence-electron chi connectivity index (χ2n) is 5.80. The molecular formula is C20H15Cl2NO3. The van der Waals surface area contributed by atoms with Crippen LogP contribution in [-0.2, 0) is 0 Å². The van der Waals surface area contributed by atoms with Crippen molar-refractivity contribution in [3.05, 3.63) is 75.5 Å². The first-order valence-electron chi connectivity index (χ1n) is 7.83. The molecule has 0 atom stereocenters. The number of hydrogen-bond acceptors (Lipinski definition) is 3. The second-order valence-corrected chi connectivity index (χ2v) is 6.61. The van der Waals surface area contributed by atoms with Crippen molar-refractivity contribution in [3.8, 4) is 11.3 Å². The number of benzene rings is 2. The molecule has 0 bridgehead atoms. The third kappa shape index (κ3) is 3.82. The van der Waals surface area contributed by atoms with Crippen LogP contribution in [0.5, 0.6) is 0 Å². The van der Waals surface area contributed by atoms with E-state index in [4.69, 9.17) is 27.6 Å². The van der Waals surface area contributed by atoms with Gasteiger partial charge in [-0.2, -0.15) is 0 Å². The molecule has 3 rings (SSSR count). The van der Waals surface area contributed by atoms with E-state index < -0.39 is 0 Å². The molecule has 3 aromatic rings. The number of amides is 1. The van der Waals surface area contributed by atoms with Gasteiger partial charge in [-0.1, -0.05) is 35.3 Å². The topological polar surface area (TPSA) is 59.3 Å². The fourth-order valence-electron chi connectivity index (χ4n) is 2.51. The summed E-state index contributed by atoms with van der Waals surface area (Å²) in [7, 11) is 0. The number of anilines is 1. The zero-order valence-electron chi connectivity index (χ0n) is 14.1. The molecule has 1 aromatic heterocycles. The molecule has 1 N–H and O–H groups in total. The Morgan fingerprint density at radius 1 is 1.00 bits per heavy atom. The average Bonchev–Trinajstić information content (AvgIpc) is 2.99. The minimum atomic E-state index is -0.321. The average molecular weight is 388 g/mol. The molecule has 1 heterocycles. The SMILES string of the molecule is CC(=O)c1cccc(NC(=O)c2cc(-c3ccc(Cl)c(Cl)c3)oc2C)c1. The number of hydrogen-bond donors (Lipinski definition) is 1. The lowest BCUT2D eigenvalue weighted by Gasteiger charge is -2.05. The molecular weight excluding hydrogens is 373 g/mol. The Labute approximate surface area is 160 Å². The molecule has 0 aliphatic rings. The van der Waals surface area contributed by atoms with E-state index in [1.54, 1.807) is 55.5 Å². The zero-order chi connectivity index (χ0) is 18.8. The van der Waals surface area contributed by atoms with Crippen LogP contribution in [-0.4, -0.2) is 11.7 Å². The number of carbonyl (C=O) groups is 2. The lowest BCUT2D eigenvalue weighted by molar-refractivity contribution is 0.101. The van der Waals surface area contributed by atoms with Crippen LogP contribution in [0.4, 0.5) is 5.69 Å². The minimum Gasteiger partial charge on any atom is -0.461 e. The first-order chi connectivity index (χ1) is 12.3. The van der Waals surface area contributed by atoms with E-state index in [1.165, 1.54) is 6.92 Å². The molecule has 0 radical (unpaired) electrons. The molecule has 1 amide bonds. The Balaban J connectivity index is 1.86. The van der Waals surface area contributed by atoms with Gasteiger partial charge in [-0.3, -0.25) is 9.59 Å². The highest BCUT2D eigenvalue weighted by Crippen LogP contribution is 2.31. The summed E-state index contributed by atoms with van der Waals surface area (Å²) < 4.78 is 5.70. The van der Waals surface area contributed by atoms with Crippen LogP contribution in [0.1, 0.15) is 33.4 Å². The summed E-state index contributed by atoms with van der Waals surface area (Å²) in [4.78, 5) is 24.0. The summed E-state index contributed by atoms with van der Waals surface area (Å²) >= 11 is 12.0. The lowest BCUT2D eigenvalue weighted by atomic mass is 10.1. The van der Waals surface area contributed by atoms with Gasteiger partial charge in [0.25, 0.3) is 5.91 Å². The van der Waals surface area contributed by atoms with E-state index in [2.05, 4.69) is 5.32 Å². The van der Waals surface area contributed by atoms with Gasteiger partial charge in [-0.05, 0) is 50.2 Å². The maximum Gasteiger partial charge on any atom is 0.259 e. The van der Waals surface area contributed by atoms with E-state index in [1.807, 2.05) is 0 Å². The summed E-state index contributed by atoms with van der Waals surface area (Å²) in [5.41, 5.74) is 2.20. The van der Waals surface area contributed by atoms with Crippen molar-refractivity contribution in [1.82, 2.24) is 0 Å². The Morgan fingerprint density at radius 2 is 1.77 bits per heavy atom.